The molecule has 0 aromatic rings. The Bertz CT molecular complexity index is 414. The molecule has 0 amide bonds. The molecular formula is C19H34O7. The van der Waals surface area contributed by atoms with Crippen LogP contribution in [0.15, 0.2) is 0 Å². The first-order valence-electron chi connectivity index (χ1n) is 9.98. The second-order valence-electron chi connectivity index (χ2n) is 7.62. The van der Waals surface area contributed by atoms with Crippen LogP contribution in [0.5, 0.6) is 0 Å². The number of ether oxygens (including phenoxy) is 2. The first-order valence-corrected chi connectivity index (χ1v) is 9.98. The third-order valence-corrected chi connectivity index (χ3v) is 5.85. The molecule has 4 unspecified atom stereocenters. The van der Waals surface area contributed by atoms with E-state index in [1.165, 1.54) is 0 Å². The molecule has 7 heteroatoms. The molecule has 152 valence electrons. The second-order valence-corrected chi connectivity index (χ2v) is 7.62. The minimum absolute atomic E-state index is 0.0880. The maximum atomic E-state index is 11.8. The van der Waals surface area contributed by atoms with Crippen molar-refractivity contribution in [3.8, 4) is 0 Å². The SMILES string of the molecule is O=C(O)C1C2CCC(C2)C1C(O)(OCCCCCO)OCCCCCO. The van der Waals surface area contributed by atoms with Crippen molar-refractivity contribution in [1.82, 2.24) is 0 Å². The first kappa shape index (κ1) is 21.6. The van der Waals surface area contributed by atoms with Crippen LogP contribution in [-0.4, -0.2) is 58.8 Å². The minimum Gasteiger partial charge on any atom is -0.481 e. The van der Waals surface area contributed by atoms with Crippen LogP contribution in [-0.2, 0) is 14.3 Å². The number of rotatable bonds is 14. The number of carboxylic acids is 1. The standard InChI is InChI=1S/C19H34O7/c20-9-3-1-5-11-25-19(24,26-12-6-2-4-10-21)17-15-8-7-14(13-15)16(17)18(22)23/h14-17,20-21,24H,1-13H2,(H,22,23). The van der Waals surface area contributed by atoms with Gasteiger partial charge in [-0.1, -0.05) is 0 Å². The second kappa shape index (κ2) is 10.6. The quantitative estimate of drug-likeness (QED) is 0.270. The molecule has 0 heterocycles. The van der Waals surface area contributed by atoms with Gasteiger partial charge in [-0.05, 0) is 69.6 Å². The van der Waals surface area contributed by atoms with E-state index in [9.17, 15) is 15.0 Å². The van der Waals surface area contributed by atoms with Crippen LogP contribution < -0.4 is 0 Å². The number of hydrogen-bond donors (Lipinski definition) is 4. The normalized spacial score (nSPS) is 28.0. The largest absolute Gasteiger partial charge is 0.481 e. The summed E-state index contributed by atoms with van der Waals surface area (Å²) < 4.78 is 11.5. The van der Waals surface area contributed by atoms with E-state index in [1.807, 2.05) is 0 Å². The fraction of sp³-hybridized carbons (Fsp3) is 0.947. The Labute approximate surface area is 155 Å². The Morgan fingerprint density at radius 1 is 0.885 bits per heavy atom. The van der Waals surface area contributed by atoms with E-state index >= 15 is 0 Å². The lowest BCUT2D eigenvalue weighted by Gasteiger charge is -2.40. The first-order chi connectivity index (χ1) is 12.5. The molecular weight excluding hydrogens is 340 g/mol. The fourth-order valence-electron chi connectivity index (χ4n) is 4.62. The summed E-state index contributed by atoms with van der Waals surface area (Å²) in [5, 5.41) is 38.5. The van der Waals surface area contributed by atoms with Gasteiger partial charge in [-0.15, -0.1) is 0 Å². The maximum Gasteiger partial charge on any atom is 0.307 e. The number of carboxylic acid groups (broad SMARTS) is 1. The van der Waals surface area contributed by atoms with Crippen LogP contribution in [0.25, 0.3) is 0 Å². The number of aliphatic hydroxyl groups is 3. The molecule has 2 aliphatic rings. The molecule has 2 rings (SSSR count). The number of unbranched alkanes of at least 4 members (excludes halogenated alkanes) is 4. The Kier molecular flexibility index (Phi) is 8.76. The van der Waals surface area contributed by atoms with Gasteiger partial charge in [0.05, 0.1) is 25.0 Å². The zero-order valence-electron chi connectivity index (χ0n) is 15.5. The van der Waals surface area contributed by atoms with Crippen molar-refractivity contribution in [3.63, 3.8) is 0 Å². The molecule has 2 aliphatic carbocycles. The summed E-state index contributed by atoms with van der Waals surface area (Å²) in [6.45, 7) is 0.791. The van der Waals surface area contributed by atoms with E-state index in [4.69, 9.17) is 19.7 Å². The molecule has 4 N–H and O–H groups in total. The van der Waals surface area contributed by atoms with Crippen LogP contribution >= 0.6 is 0 Å². The van der Waals surface area contributed by atoms with Crippen LogP contribution in [0.4, 0.5) is 0 Å². The maximum absolute atomic E-state index is 11.8. The van der Waals surface area contributed by atoms with Gasteiger partial charge in [0.2, 0.25) is 0 Å². The highest BCUT2D eigenvalue weighted by atomic mass is 16.8. The Balaban J connectivity index is 1.99. The highest BCUT2D eigenvalue weighted by molar-refractivity contribution is 5.71. The van der Waals surface area contributed by atoms with Gasteiger partial charge in [-0.3, -0.25) is 4.79 Å². The van der Waals surface area contributed by atoms with Crippen molar-refractivity contribution >= 4 is 5.97 Å². The van der Waals surface area contributed by atoms with Crippen LogP contribution in [0.2, 0.25) is 0 Å². The third-order valence-electron chi connectivity index (χ3n) is 5.85. The molecule has 7 nitrogen and oxygen atoms in total. The van der Waals surface area contributed by atoms with E-state index in [-0.39, 0.29) is 38.3 Å². The molecule has 0 saturated heterocycles. The smallest absolute Gasteiger partial charge is 0.307 e. The van der Waals surface area contributed by atoms with Crippen molar-refractivity contribution in [2.75, 3.05) is 26.4 Å². The number of hydrogen-bond acceptors (Lipinski definition) is 6. The van der Waals surface area contributed by atoms with E-state index in [0.717, 1.165) is 32.1 Å². The molecule has 0 aromatic carbocycles. The van der Waals surface area contributed by atoms with Gasteiger partial charge in [0.1, 0.15) is 0 Å². The molecule has 2 bridgehead atoms. The molecule has 2 fully saturated rings. The van der Waals surface area contributed by atoms with Crippen molar-refractivity contribution in [2.24, 2.45) is 23.7 Å². The number of fused-ring (bicyclic) bond motifs is 2. The van der Waals surface area contributed by atoms with Crippen molar-refractivity contribution in [1.29, 1.82) is 0 Å². The van der Waals surface area contributed by atoms with Gasteiger partial charge < -0.3 is 29.9 Å². The molecule has 26 heavy (non-hydrogen) atoms. The van der Waals surface area contributed by atoms with Crippen LogP contribution in [0.3, 0.4) is 0 Å². The van der Waals surface area contributed by atoms with Crippen molar-refractivity contribution < 1.29 is 34.7 Å². The lowest BCUT2D eigenvalue weighted by molar-refractivity contribution is -0.397. The van der Waals surface area contributed by atoms with E-state index < -0.39 is 23.8 Å². The Hall–Kier alpha value is -0.730. The van der Waals surface area contributed by atoms with E-state index in [1.54, 1.807) is 0 Å². The molecule has 0 aliphatic heterocycles. The average molecular weight is 374 g/mol. The highest BCUT2D eigenvalue weighted by Gasteiger charge is 2.60. The van der Waals surface area contributed by atoms with Crippen molar-refractivity contribution in [2.45, 2.75) is 63.8 Å². The Morgan fingerprint density at radius 2 is 1.42 bits per heavy atom. The minimum atomic E-state index is -1.87. The van der Waals surface area contributed by atoms with Gasteiger partial charge in [-0.25, -0.2) is 0 Å². The topological polar surface area (TPSA) is 116 Å². The van der Waals surface area contributed by atoms with Crippen molar-refractivity contribution in [3.05, 3.63) is 0 Å². The molecule has 0 radical (unpaired) electrons. The molecule has 0 aromatic heterocycles. The van der Waals surface area contributed by atoms with Gasteiger partial charge >= 0.3 is 5.97 Å². The van der Waals surface area contributed by atoms with Gasteiger partial charge in [0.25, 0.3) is 5.97 Å². The summed E-state index contributed by atoms with van der Waals surface area (Å²) in [6, 6.07) is 0. The zero-order valence-corrected chi connectivity index (χ0v) is 15.5. The lowest BCUT2D eigenvalue weighted by atomic mass is 9.77. The molecule has 0 spiro atoms. The predicted octanol–water partition coefficient (Wildman–Crippen LogP) is 1.74. The number of aliphatic hydroxyl groups excluding tert-OH is 2. The monoisotopic (exact) mass is 374 g/mol. The van der Waals surface area contributed by atoms with Gasteiger partial charge in [-0.2, -0.15) is 0 Å². The summed E-state index contributed by atoms with van der Waals surface area (Å²) in [5.74, 6) is -3.73. The lowest BCUT2D eigenvalue weighted by Crippen LogP contribution is -2.51. The fourth-order valence-corrected chi connectivity index (χ4v) is 4.62. The summed E-state index contributed by atoms with van der Waals surface area (Å²) in [5.41, 5.74) is 0. The summed E-state index contributed by atoms with van der Waals surface area (Å²) in [6.07, 6.45) is 6.87. The summed E-state index contributed by atoms with van der Waals surface area (Å²) >= 11 is 0. The van der Waals surface area contributed by atoms with E-state index in [2.05, 4.69) is 0 Å². The Morgan fingerprint density at radius 3 is 1.92 bits per heavy atom. The summed E-state index contributed by atoms with van der Waals surface area (Å²) in [4.78, 5) is 11.8. The highest BCUT2D eigenvalue weighted by Crippen LogP contribution is 2.56. The third kappa shape index (κ3) is 5.39. The zero-order chi connectivity index (χ0) is 19.0. The van der Waals surface area contributed by atoms with Crippen LogP contribution in [0, 0.1) is 23.7 Å². The average Bonchev–Trinajstić information content (AvgIpc) is 3.23. The molecule has 4 atom stereocenters. The molecule has 2 saturated carbocycles. The van der Waals surface area contributed by atoms with Gasteiger partial charge in [0.15, 0.2) is 0 Å². The van der Waals surface area contributed by atoms with E-state index in [0.29, 0.717) is 25.7 Å². The van der Waals surface area contributed by atoms with Gasteiger partial charge in [0, 0.05) is 13.2 Å². The predicted molar refractivity (Wildman–Crippen MR) is 94.2 cm³/mol. The number of aliphatic carboxylic acids is 1. The van der Waals surface area contributed by atoms with Crippen LogP contribution in [0.1, 0.15) is 57.8 Å². The number of carbonyl (C=O) groups is 1. The summed E-state index contributed by atoms with van der Waals surface area (Å²) in [7, 11) is 0.